The zero-order valence-corrected chi connectivity index (χ0v) is 77.6. The van der Waals surface area contributed by atoms with Crippen LogP contribution in [0.4, 0.5) is 5.69 Å². The molecule has 11 heterocycles. The molecule has 3 atom stereocenters. The van der Waals surface area contributed by atoms with Gasteiger partial charge in [0.15, 0.2) is 60.6 Å². The Kier molecular flexibility index (Phi) is 27.6. The molecule has 36 nitrogen and oxygen atoms in total. The number of carbonyl (C=O) groups excluding carboxylic acids is 4. The van der Waals surface area contributed by atoms with Crippen LogP contribution in [0.2, 0.25) is 0 Å². The van der Waals surface area contributed by atoms with Gasteiger partial charge in [0.05, 0.1) is 43.0 Å². The maximum Gasteiger partial charge on any atom is 0.341 e. The molecule has 718 valence electrons. The van der Waals surface area contributed by atoms with Gasteiger partial charge in [-0.05, 0) is 138 Å². The number of azide groups is 3. The number of hydrogen-bond acceptors (Lipinski definition) is 23. The Labute approximate surface area is 820 Å². The van der Waals surface area contributed by atoms with Gasteiger partial charge in [0.2, 0.25) is 0 Å². The Bertz CT molecular complexity index is 7700. The van der Waals surface area contributed by atoms with Gasteiger partial charge in [-0.3, -0.25) is 9.59 Å². The first-order chi connectivity index (χ1) is 70.0. The van der Waals surface area contributed by atoms with Crippen molar-refractivity contribution in [2.24, 2.45) is 36.5 Å². The van der Waals surface area contributed by atoms with E-state index in [1.54, 1.807) is 92.0 Å². The van der Waals surface area contributed by atoms with Gasteiger partial charge >= 0.3 is 35.5 Å². The first kappa shape index (κ1) is 95.3. The van der Waals surface area contributed by atoms with Crippen molar-refractivity contribution in [3.05, 3.63) is 440 Å². The highest BCUT2D eigenvalue weighted by Gasteiger charge is 2.57. The van der Waals surface area contributed by atoms with E-state index in [2.05, 4.69) is 41.6 Å². The Morgan fingerprint density at radius 2 is 0.854 bits per heavy atom. The SMILES string of the molecule is COc1ccc2c(c1)Oc1cc(OCc3cc[n+](CCCN=[N+]=[N-])cc3)ccc1C21OC(=O)c2ccccc21.C[n+]1[c-]cc(COc2ccc3c(c2)Oc2cc(OCc4cc[n+](C)cc4)ccc2C32OC(=O)c3ccc(C(=O)NCCCN=[N+]=[N-])cc32)cc1.C[n+]1ccc(COc2ccc3c(c2)Oc2cc(OCC(=O)O)ccc2C32OC(=O)c3ccccc32)cc1.[N-]=[N+]=Nc1ccc2c(CC(=O)O)cc(=O)oc2c1. The summed E-state index contributed by atoms with van der Waals surface area (Å²) in [7, 11) is 7.40. The molecular weight excluding hydrogens is 1850 g/mol. The molecule has 0 bridgehead atoms. The molecule has 0 saturated carbocycles. The van der Waals surface area contributed by atoms with Crippen LogP contribution in [-0.4, -0.2) is 79.3 Å². The summed E-state index contributed by atoms with van der Waals surface area (Å²) in [5.74, 6) is 2.32. The van der Waals surface area contributed by atoms with Crippen LogP contribution < -0.4 is 71.8 Å². The highest BCUT2D eigenvalue weighted by molar-refractivity contribution is 6.02. The maximum atomic E-state index is 13.6. The van der Waals surface area contributed by atoms with Gasteiger partial charge in [-0.25, -0.2) is 37.7 Å². The number of aromatic nitrogens is 4. The number of amides is 1. The van der Waals surface area contributed by atoms with Gasteiger partial charge in [-0.2, -0.15) is 0 Å². The monoisotopic (exact) mass is 1930 g/mol. The lowest BCUT2D eigenvalue weighted by Crippen LogP contribution is -2.33. The van der Waals surface area contributed by atoms with Gasteiger partial charge in [0.1, 0.15) is 128 Å². The summed E-state index contributed by atoms with van der Waals surface area (Å²) < 4.78 is 85.7. The van der Waals surface area contributed by atoms with Gasteiger partial charge in [0, 0.05) is 203 Å². The summed E-state index contributed by atoms with van der Waals surface area (Å²) in [4.78, 5) is 93.9. The van der Waals surface area contributed by atoms with Gasteiger partial charge < -0.3 is 81.4 Å². The van der Waals surface area contributed by atoms with Gasteiger partial charge in [-0.1, -0.05) is 63.9 Å². The molecular formula is C108H87N14O22+3. The summed E-state index contributed by atoms with van der Waals surface area (Å²) in [5.41, 5.74) is 33.2. The van der Waals surface area contributed by atoms with E-state index < -0.39 is 52.9 Å². The highest BCUT2D eigenvalue weighted by atomic mass is 16.6. The first-order valence-corrected chi connectivity index (χ1v) is 45.2. The molecule has 0 saturated heterocycles. The number of rotatable bonds is 28. The van der Waals surface area contributed by atoms with Crippen molar-refractivity contribution < 1.29 is 119 Å². The lowest BCUT2D eigenvalue weighted by atomic mass is 9.77. The smallest absolute Gasteiger partial charge is 0.341 e. The molecule has 10 aromatic carbocycles. The van der Waals surface area contributed by atoms with Crippen LogP contribution in [0.25, 0.3) is 42.3 Å². The van der Waals surface area contributed by atoms with Crippen LogP contribution in [0.5, 0.6) is 69.0 Å². The van der Waals surface area contributed by atoms with E-state index in [1.807, 2.05) is 228 Å². The number of nitrogens with one attached hydrogen (secondary N) is 1. The number of nitrogens with zero attached hydrogens (tertiary/aromatic N) is 13. The summed E-state index contributed by atoms with van der Waals surface area (Å²) >= 11 is 0. The number of carbonyl (C=O) groups is 6. The molecule has 36 heteroatoms. The third kappa shape index (κ3) is 19.9. The van der Waals surface area contributed by atoms with E-state index in [9.17, 15) is 33.6 Å². The zero-order chi connectivity index (χ0) is 100. The van der Waals surface area contributed by atoms with E-state index in [0.29, 0.717) is 187 Å². The number of carboxylic acids is 2. The number of esters is 3. The van der Waals surface area contributed by atoms with Crippen LogP contribution >= 0.6 is 0 Å². The molecule has 15 aromatic rings. The highest BCUT2D eigenvalue weighted by Crippen LogP contribution is 2.61. The van der Waals surface area contributed by atoms with E-state index in [-0.39, 0.29) is 30.4 Å². The quantitative estimate of drug-likeness (QED) is 0.00472. The average molecular weight is 1930 g/mol. The molecule has 5 aromatic heterocycles. The second kappa shape index (κ2) is 41.7. The van der Waals surface area contributed by atoms with Crippen molar-refractivity contribution in [3.63, 3.8) is 0 Å². The fourth-order valence-corrected chi connectivity index (χ4v) is 17.6. The number of methoxy groups -OCH3 is 1. The van der Waals surface area contributed by atoms with Crippen molar-refractivity contribution in [1.29, 1.82) is 0 Å². The minimum Gasteiger partial charge on any atom is -0.501 e. The minimum atomic E-state index is -1.42. The predicted octanol–water partition coefficient (Wildman–Crippen LogP) is 17.6. The first-order valence-electron chi connectivity index (χ1n) is 45.2. The molecule has 0 fully saturated rings. The fourth-order valence-electron chi connectivity index (χ4n) is 17.6. The van der Waals surface area contributed by atoms with Crippen LogP contribution in [0.3, 0.4) is 0 Å². The molecule has 6 aliphatic heterocycles. The molecule has 3 spiro atoms. The van der Waals surface area contributed by atoms with Crippen molar-refractivity contribution in [3.8, 4) is 69.0 Å². The molecule has 21 rings (SSSR count). The Morgan fingerprint density at radius 1 is 0.431 bits per heavy atom. The van der Waals surface area contributed by atoms with Crippen LogP contribution in [0.1, 0.15) is 132 Å². The van der Waals surface area contributed by atoms with E-state index in [4.69, 9.17) is 88.1 Å². The number of carboxylic acid groups (broad SMARTS) is 2. The van der Waals surface area contributed by atoms with Crippen molar-refractivity contribution in [2.75, 3.05) is 33.4 Å². The number of hydrogen-bond donors (Lipinski definition) is 3. The largest absolute Gasteiger partial charge is 0.501 e. The van der Waals surface area contributed by atoms with E-state index in [1.165, 1.54) is 12.1 Å². The molecule has 0 aliphatic carbocycles. The standard InChI is InChI=1S/C38H32N6O6.C30H25N4O5.C29H21NO7.C11H7N3O4/c1-43-16-10-25(11-17-43)23-47-28-5-8-31-34(21-28)49-35-22-29(48-24-26-12-18-44(2)19-13-26)6-9-32(35)38(31)33-20-27(4-7-30(33)37(46)50-38)36(45)40-14-3-15-41-42-39;1-36-21-7-9-25-27(17-21)38-28-18-22(37-19-20-11-15-34(16-12-20)14-4-13-32-33-31)8-10-26(28)30(25)24-6-3-2-5-23(24)29(35)39-30;1-30-12-10-18(11-13-30)16-34-19-6-8-23-25(14-19)36-26-15-20(35-17-27(31)32)7-9-24(26)29(23)22-5-3-2-4-21(22)28(33)37-29;12-14-13-7-1-2-8-6(3-10(15)16)4-11(17)18-9(8)5-7/h4-13,16-18,20-22H,3,14-15,23-24H2,1-2H3;2-3,5-12,15-18H,4,13-14,19H2,1H3;2-15H,16-17H2,1H3;1-2,4-5H,3H2,(H,15,16)/q;+1;;/p+2. The van der Waals surface area contributed by atoms with Gasteiger partial charge in [0.25, 0.3) is 5.91 Å². The minimum absolute atomic E-state index is 0.198. The molecule has 144 heavy (non-hydrogen) atoms. The molecule has 6 aliphatic rings. The van der Waals surface area contributed by atoms with Crippen LogP contribution in [-0.2, 0) is 101 Å². The zero-order valence-electron chi connectivity index (χ0n) is 77.6. The summed E-state index contributed by atoms with van der Waals surface area (Å²) in [6.07, 6.45) is 17.8. The summed E-state index contributed by atoms with van der Waals surface area (Å²) in [6, 6.07) is 73.4. The second-order valence-electron chi connectivity index (χ2n) is 33.7. The molecule has 3 N–H and O–H groups in total. The maximum absolute atomic E-state index is 13.6. The number of pyridine rings is 4. The number of benzene rings is 10. The number of fused-ring (bicyclic) bond motifs is 19. The Hall–Kier alpha value is -19.0. The third-order valence-corrected chi connectivity index (χ3v) is 24.4. The Morgan fingerprint density at radius 3 is 1.30 bits per heavy atom. The van der Waals surface area contributed by atoms with Crippen molar-refractivity contribution in [1.82, 2.24) is 5.32 Å². The average Bonchev–Trinajstić information content (AvgIpc) is 1.52. The van der Waals surface area contributed by atoms with Crippen LogP contribution in [0.15, 0.2) is 317 Å². The lowest BCUT2D eigenvalue weighted by Gasteiger charge is -2.37. The van der Waals surface area contributed by atoms with Crippen molar-refractivity contribution in [2.45, 2.75) is 69.0 Å². The second-order valence-corrected chi connectivity index (χ2v) is 33.7. The van der Waals surface area contributed by atoms with Crippen LogP contribution in [0, 0.1) is 6.20 Å². The predicted molar refractivity (Wildman–Crippen MR) is 512 cm³/mol. The Balaban J connectivity index is 0.000000132. The number of ether oxygens (including phenoxy) is 12. The third-order valence-electron chi connectivity index (χ3n) is 24.4. The molecule has 1 amide bonds. The fraction of sp³-hybridized carbons (Fsp3) is 0.176. The summed E-state index contributed by atoms with van der Waals surface area (Å²) in [5, 5.41) is 31.6. The number of aliphatic carboxylic acids is 2. The molecule has 3 unspecified atom stereocenters. The van der Waals surface area contributed by atoms with Gasteiger partial charge in [-0.15, -0.1) is 17.7 Å². The van der Waals surface area contributed by atoms with E-state index >= 15 is 0 Å². The topological polar surface area (TPSA) is 458 Å². The normalized spacial score (nSPS) is 15.2. The van der Waals surface area contributed by atoms with Crippen molar-refractivity contribution >= 4 is 52.4 Å². The number of aryl methyl sites for hydroxylation is 4. The van der Waals surface area contributed by atoms with E-state index in [0.717, 1.165) is 58.0 Å². The lowest BCUT2D eigenvalue weighted by molar-refractivity contribution is -0.697. The molecule has 0 radical (unpaired) electrons. The summed E-state index contributed by atoms with van der Waals surface area (Å²) in [6.45, 7) is 2.72.